The summed E-state index contributed by atoms with van der Waals surface area (Å²) in [6.45, 7) is 5.20. The number of carbonyl (C=O) groups is 1. The van der Waals surface area contributed by atoms with Crippen molar-refractivity contribution in [3.8, 4) is 0 Å². The molecule has 2 aromatic heterocycles. The minimum absolute atomic E-state index is 0.239. The van der Waals surface area contributed by atoms with E-state index in [0.29, 0.717) is 24.7 Å². The number of aromatic nitrogens is 1. The number of nitrogens with zero attached hydrogens (tertiary/aromatic N) is 2. The third kappa shape index (κ3) is 4.60. The third-order valence-electron chi connectivity index (χ3n) is 4.54. The Bertz CT molecular complexity index is 688. The molecule has 1 aliphatic rings. The van der Waals surface area contributed by atoms with Crippen molar-refractivity contribution in [1.29, 1.82) is 0 Å². The summed E-state index contributed by atoms with van der Waals surface area (Å²) >= 11 is 0. The van der Waals surface area contributed by atoms with E-state index in [9.17, 15) is 4.79 Å². The number of carbonyl (C=O) groups excluding carboxylic acids is 1. The number of amides is 1. The van der Waals surface area contributed by atoms with E-state index in [2.05, 4.69) is 22.1 Å². The van der Waals surface area contributed by atoms with Crippen LogP contribution in [-0.4, -0.2) is 31.1 Å². The fourth-order valence-electron chi connectivity index (χ4n) is 2.94. The number of rotatable bonds is 6. The van der Waals surface area contributed by atoms with E-state index in [1.54, 1.807) is 19.2 Å². The average Bonchev–Trinajstić information content (AvgIpc) is 3.10. The molecule has 2 aromatic rings. The molecular formula is C19H25N3O3. The first-order valence-corrected chi connectivity index (χ1v) is 8.71. The van der Waals surface area contributed by atoms with Gasteiger partial charge in [0.25, 0.3) is 5.91 Å². The van der Waals surface area contributed by atoms with Gasteiger partial charge in [0.05, 0.1) is 0 Å². The molecule has 134 valence electrons. The Balaban J connectivity index is 1.52. The fourth-order valence-corrected chi connectivity index (χ4v) is 2.94. The molecule has 6 heteroatoms. The largest absolute Gasteiger partial charge is 0.453 e. The predicted octanol–water partition coefficient (Wildman–Crippen LogP) is 2.99. The van der Waals surface area contributed by atoms with Crippen molar-refractivity contribution in [1.82, 2.24) is 10.3 Å². The molecule has 0 spiro atoms. The monoisotopic (exact) mass is 343 g/mol. The topological polar surface area (TPSA) is 67.6 Å². The molecule has 1 N–H and O–H groups in total. The maximum Gasteiger partial charge on any atom is 0.287 e. The van der Waals surface area contributed by atoms with E-state index in [1.165, 1.54) is 12.8 Å². The zero-order chi connectivity index (χ0) is 17.6. The lowest BCUT2D eigenvalue weighted by molar-refractivity contribution is 0.0914. The zero-order valence-corrected chi connectivity index (χ0v) is 14.8. The van der Waals surface area contributed by atoms with Crippen molar-refractivity contribution in [3.05, 3.63) is 47.5 Å². The summed E-state index contributed by atoms with van der Waals surface area (Å²) in [5.41, 5.74) is 0.964. The molecule has 1 aliphatic heterocycles. The second-order valence-electron chi connectivity index (χ2n) is 6.58. The zero-order valence-electron chi connectivity index (χ0n) is 14.8. The van der Waals surface area contributed by atoms with E-state index in [-0.39, 0.29) is 5.91 Å². The normalized spacial score (nSPS) is 15.4. The summed E-state index contributed by atoms with van der Waals surface area (Å²) in [6, 6.07) is 7.44. The van der Waals surface area contributed by atoms with E-state index in [1.807, 2.05) is 18.3 Å². The van der Waals surface area contributed by atoms with Gasteiger partial charge >= 0.3 is 0 Å². The van der Waals surface area contributed by atoms with Gasteiger partial charge in [-0.25, -0.2) is 4.98 Å². The highest BCUT2D eigenvalue weighted by atomic mass is 16.5. The van der Waals surface area contributed by atoms with E-state index >= 15 is 0 Å². The Morgan fingerprint density at radius 1 is 1.32 bits per heavy atom. The molecule has 1 amide bonds. The smallest absolute Gasteiger partial charge is 0.287 e. The Morgan fingerprint density at radius 3 is 2.80 bits per heavy atom. The van der Waals surface area contributed by atoms with Gasteiger partial charge in [-0.1, -0.05) is 13.0 Å². The first-order chi connectivity index (χ1) is 12.2. The van der Waals surface area contributed by atoms with Crippen LogP contribution in [0.15, 0.2) is 34.9 Å². The molecule has 0 unspecified atom stereocenters. The lowest BCUT2D eigenvalue weighted by Crippen LogP contribution is -2.33. The Morgan fingerprint density at radius 2 is 2.12 bits per heavy atom. The van der Waals surface area contributed by atoms with Crippen LogP contribution in [0.4, 0.5) is 5.82 Å². The number of hydrogen-bond acceptors (Lipinski definition) is 5. The van der Waals surface area contributed by atoms with Gasteiger partial charge in [0, 0.05) is 32.9 Å². The Hall–Kier alpha value is -2.34. The van der Waals surface area contributed by atoms with Crippen LogP contribution in [0, 0.1) is 5.92 Å². The van der Waals surface area contributed by atoms with Crippen molar-refractivity contribution < 1.29 is 13.9 Å². The van der Waals surface area contributed by atoms with Crippen LogP contribution in [0.2, 0.25) is 0 Å². The van der Waals surface area contributed by atoms with Gasteiger partial charge in [0.1, 0.15) is 18.2 Å². The number of methoxy groups -OCH3 is 1. The summed E-state index contributed by atoms with van der Waals surface area (Å²) in [6.07, 6.45) is 4.26. The lowest BCUT2D eigenvalue weighted by atomic mass is 9.99. The van der Waals surface area contributed by atoms with Crippen molar-refractivity contribution in [2.75, 3.05) is 25.1 Å². The molecule has 0 atom stereocenters. The van der Waals surface area contributed by atoms with Gasteiger partial charge < -0.3 is 19.4 Å². The molecule has 3 heterocycles. The van der Waals surface area contributed by atoms with E-state index in [0.717, 1.165) is 30.4 Å². The first kappa shape index (κ1) is 17.5. The summed E-state index contributed by atoms with van der Waals surface area (Å²) in [5, 5.41) is 2.85. The molecule has 25 heavy (non-hydrogen) atoms. The molecule has 0 radical (unpaired) electrons. The number of ether oxygens (including phenoxy) is 1. The minimum Gasteiger partial charge on any atom is -0.453 e. The van der Waals surface area contributed by atoms with Crippen LogP contribution in [0.5, 0.6) is 0 Å². The molecule has 3 rings (SSSR count). The number of hydrogen-bond donors (Lipinski definition) is 1. The Labute approximate surface area is 148 Å². The maximum atomic E-state index is 12.1. The highest BCUT2D eigenvalue weighted by molar-refractivity contribution is 5.91. The molecule has 0 bridgehead atoms. The van der Waals surface area contributed by atoms with Gasteiger partial charge in [0.15, 0.2) is 5.76 Å². The number of furan rings is 1. The van der Waals surface area contributed by atoms with Gasteiger partial charge in [-0.3, -0.25) is 4.79 Å². The minimum atomic E-state index is -0.239. The number of nitrogens with one attached hydrogen (secondary N) is 1. The van der Waals surface area contributed by atoms with Crippen LogP contribution in [-0.2, 0) is 17.9 Å². The second kappa shape index (κ2) is 8.16. The van der Waals surface area contributed by atoms with Crippen molar-refractivity contribution in [2.45, 2.75) is 32.9 Å². The molecular weight excluding hydrogens is 318 g/mol. The van der Waals surface area contributed by atoms with Crippen molar-refractivity contribution in [3.63, 3.8) is 0 Å². The summed E-state index contributed by atoms with van der Waals surface area (Å²) in [4.78, 5) is 19.0. The van der Waals surface area contributed by atoms with Crippen LogP contribution < -0.4 is 10.2 Å². The van der Waals surface area contributed by atoms with Gasteiger partial charge in [-0.05, 0) is 42.5 Å². The SMILES string of the molecule is COCc1ccc(C(=O)NCc2ccc(N3CCC(C)CC3)nc2)o1. The van der Waals surface area contributed by atoms with Crippen molar-refractivity contribution in [2.24, 2.45) is 5.92 Å². The lowest BCUT2D eigenvalue weighted by Gasteiger charge is -2.31. The molecule has 1 saturated heterocycles. The highest BCUT2D eigenvalue weighted by Crippen LogP contribution is 2.21. The van der Waals surface area contributed by atoms with Crippen LogP contribution in [0.1, 0.15) is 41.6 Å². The van der Waals surface area contributed by atoms with Crippen molar-refractivity contribution >= 4 is 11.7 Å². The molecule has 0 aromatic carbocycles. The number of pyridine rings is 1. The molecule has 1 fully saturated rings. The average molecular weight is 343 g/mol. The molecule has 6 nitrogen and oxygen atoms in total. The summed E-state index contributed by atoms with van der Waals surface area (Å²) < 4.78 is 10.4. The number of piperidine rings is 1. The van der Waals surface area contributed by atoms with Crippen LogP contribution in [0.3, 0.4) is 0 Å². The molecule has 0 aliphatic carbocycles. The van der Waals surface area contributed by atoms with Gasteiger partial charge in [-0.2, -0.15) is 0 Å². The first-order valence-electron chi connectivity index (χ1n) is 8.71. The van der Waals surface area contributed by atoms with Crippen LogP contribution >= 0.6 is 0 Å². The second-order valence-corrected chi connectivity index (χ2v) is 6.58. The third-order valence-corrected chi connectivity index (χ3v) is 4.54. The maximum absolute atomic E-state index is 12.1. The summed E-state index contributed by atoms with van der Waals surface area (Å²) in [7, 11) is 1.59. The quantitative estimate of drug-likeness (QED) is 0.873. The highest BCUT2D eigenvalue weighted by Gasteiger charge is 2.17. The fraction of sp³-hybridized carbons (Fsp3) is 0.474. The number of anilines is 1. The standard InChI is InChI=1S/C19H25N3O3/c1-14-7-9-22(10-8-14)18-6-3-15(11-20-18)12-21-19(23)17-5-4-16(25-17)13-24-2/h3-6,11,14H,7-10,12-13H2,1-2H3,(H,21,23). The Kier molecular flexibility index (Phi) is 5.71. The van der Waals surface area contributed by atoms with E-state index < -0.39 is 0 Å². The molecule has 0 saturated carbocycles. The van der Waals surface area contributed by atoms with Gasteiger partial charge in [0.2, 0.25) is 0 Å². The predicted molar refractivity (Wildman–Crippen MR) is 95.4 cm³/mol. The van der Waals surface area contributed by atoms with Crippen LogP contribution in [0.25, 0.3) is 0 Å². The van der Waals surface area contributed by atoms with Gasteiger partial charge in [-0.15, -0.1) is 0 Å². The van der Waals surface area contributed by atoms with E-state index in [4.69, 9.17) is 9.15 Å². The summed E-state index contributed by atoms with van der Waals surface area (Å²) in [5.74, 6) is 2.50.